The summed E-state index contributed by atoms with van der Waals surface area (Å²) in [5.74, 6) is 0.302. The summed E-state index contributed by atoms with van der Waals surface area (Å²) in [4.78, 5) is 15.5. The van der Waals surface area contributed by atoms with Crippen molar-refractivity contribution in [3.63, 3.8) is 0 Å². The van der Waals surface area contributed by atoms with Crippen molar-refractivity contribution in [1.29, 1.82) is 0 Å². The number of hydrogen-bond acceptors (Lipinski definition) is 4. The van der Waals surface area contributed by atoms with E-state index in [1.807, 2.05) is 19.1 Å². The van der Waals surface area contributed by atoms with Crippen molar-refractivity contribution in [2.75, 3.05) is 26.0 Å². The molecule has 5 heteroatoms. The molecule has 1 rings (SSSR count). The van der Waals surface area contributed by atoms with Crippen LogP contribution in [0.5, 0.6) is 5.88 Å². The largest absolute Gasteiger partial charge is 0.480 e. The van der Waals surface area contributed by atoms with Crippen molar-refractivity contribution < 1.29 is 9.53 Å². The van der Waals surface area contributed by atoms with Crippen LogP contribution in [0, 0.1) is 0 Å². The topological polar surface area (TPSA) is 63.2 Å². The van der Waals surface area contributed by atoms with Crippen LogP contribution in [0.4, 0.5) is 5.69 Å². The van der Waals surface area contributed by atoms with Gasteiger partial charge in [0.1, 0.15) is 0 Å². The number of nitrogens with one attached hydrogen (secondary N) is 2. The Kier molecular flexibility index (Phi) is 5.00. The fraction of sp³-hybridized carbons (Fsp3) is 0.333. The SMILES string of the molecule is C/C=C/CNc1cc(C(=O)NC)cnc1OC. The lowest BCUT2D eigenvalue weighted by molar-refractivity contribution is 0.0962. The van der Waals surface area contributed by atoms with E-state index in [1.54, 1.807) is 20.2 Å². The molecule has 1 aromatic rings. The Balaban J connectivity index is 2.93. The Morgan fingerprint density at radius 1 is 1.59 bits per heavy atom. The van der Waals surface area contributed by atoms with Crippen LogP contribution in [0.2, 0.25) is 0 Å². The van der Waals surface area contributed by atoms with E-state index in [4.69, 9.17) is 4.74 Å². The lowest BCUT2D eigenvalue weighted by Crippen LogP contribution is -2.18. The Morgan fingerprint density at radius 2 is 2.35 bits per heavy atom. The fourth-order valence-corrected chi connectivity index (χ4v) is 1.30. The van der Waals surface area contributed by atoms with E-state index >= 15 is 0 Å². The maximum Gasteiger partial charge on any atom is 0.252 e. The summed E-state index contributed by atoms with van der Waals surface area (Å²) in [6.45, 7) is 2.60. The quantitative estimate of drug-likeness (QED) is 0.758. The van der Waals surface area contributed by atoms with Gasteiger partial charge in [-0.1, -0.05) is 12.2 Å². The number of pyridine rings is 1. The number of allylic oxidation sites excluding steroid dienone is 1. The number of anilines is 1. The number of methoxy groups -OCH3 is 1. The van der Waals surface area contributed by atoms with Gasteiger partial charge in [-0.05, 0) is 13.0 Å². The van der Waals surface area contributed by atoms with Gasteiger partial charge in [-0.2, -0.15) is 0 Å². The second-order valence-electron chi connectivity index (χ2n) is 3.31. The number of carbonyl (C=O) groups is 1. The summed E-state index contributed by atoms with van der Waals surface area (Å²) >= 11 is 0. The molecule has 92 valence electrons. The highest BCUT2D eigenvalue weighted by molar-refractivity contribution is 5.94. The lowest BCUT2D eigenvalue weighted by Gasteiger charge is -2.10. The first kappa shape index (κ1) is 13.0. The third-order valence-corrected chi connectivity index (χ3v) is 2.18. The van der Waals surface area contributed by atoms with Crippen LogP contribution in [0.1, 0.15) is 17.3 Å². The summed E-state index contributed by atoms with van der Waals surface area (Å²) in [6, 6.07) is 1.72. The molecule has 1 heterocycles. The Labute approximate surface area is 101 Å². The zero-order valence-electron chi connectivity index (χ0n) is 10.3. The molecular formula is C12H17N3O2. The minimum Gasteiger partial charge on any atom is -0.480 e. The van der Waals surface area contributed by atoms with Crippen LogP contribution in [-0.4, -0.2) is 31.6 Å². The van der Waals surface area contributed by atoms with Gasteiger partial charge in [0.05, 0.1) is 18.4 Å². The number of hydrogen-bond donors (Lipinski definition) is 2. The van der Waals surface area contributed by atoms with Crippen molar-refractivity contribution in [2.45, 2.75) is 6.92 Å². The van der Waals surface area contributed by atoms with E-state index in [0.29, 0.717) is 23.7 Å². The first-order chi connectivity index (χ1) is 8.22. The van der Waals surface area contributed by atoms with Crippen LogP contribution in [0.15, 0.2) is 24.4 Å². The summed E-state index contributed by atoms with van der Waals surface area (Å²) in [7, 11) is 3.13. The zero-order valence-corrected chi connectivity index (χ0v) is 10.3. The number of rotatable bonds is 5. The van der Waals surface area contributed by atoms with E-state index < -0.39 is 0 Å². The molecule has 17 heavy (non-hydrogen) atoms. The Hall–Kier alpha value is -2.04. The second-order valence-corrected chi connectivity index (χ2v) is 3.31. The van der Waals surface area contributed by atoms with Crippen molar-refractivity contribution in [1.82, 2.24) is 10.3 Å². The minimum absolute atomic E-state index is 0.172. The maximum absolute atomic E-state index is 11.5. The molecular weight excluding hydrogens is 218 g/mol. The normalized spacial score (nSPS) is 10.3. The van der Waals surface area contributed by atoms with Crippen LogP contribution in [0.25, 0.3) is 0 Å². The number of aromatic nitrogens is 1. The van der Waals surface area contributed by atoms with Gasteiger partial charge in [0.25, 0.3) is 5.91 Å². The average molecular weight is 235 g/mol. The molecule has 0 atom stereocenters. The van der Waals surface area contributed by atoms with Crippen molar-refractivity contribution in [3.05, 3.63) is 30.0 Å². The van der Waals surface area contributed by atoms with Crippen molar-refractivity contribution in [3.8, 4) is 5.88 Å². The van der Waals surface area contributed by atoms with Crippen LogP contribution < -0.4 is 15.4 Å². The molecule has 5 nitrogen and oxygen atoms in total. The van der Waals surface area contributed by atoms with Gasteiger partial charge in [0.2, 0.25) is 5.88 Å². The molecule has 1 aromatic heterocycles. The molecule has 0 aliphatic heterocycles. The fourth-order valence-electron chi connectivity index (χ4n) is 1.30. The van der Waals surface area contributed by atoms with Crippen molar-refractivity contribution >= 4 is 11.6 Å². The van der Waals surface area contributed by atoms with Gasteiger partial charge in [-0.25, -0.2) is 4.98 Å². The molecule has 2 N–H and O–H groups in total. The zero-order chi connectivity index (χ0) is 12.7. The van der Waals surface area contributed by atoms with E-state index in [0.717, 1.165) is 0 Å². The molecule has 0 fully saturated rings. The standard InChI is InChI=1S/C12H17N3O2/c1-4-5-6-14-10-7-9(11(16)13-2)8-15-12(10)17-3/h4-5,7-8,14H,6H2,1-3H3,(H,13,16)/b5-4+. The molecule has 0 unspecified atom stereocenters. The van der Waals surface area contributed by atoms with Crippen molar-refractivity contribution in [2.24, 2.45) is 0 Å². The average Bonchev–Trinajstić information content (AvgIpc) is 2.38. The molecule has 1 amide bonds. The molecule has 0 spiro atoms. The minimum atomic E-state index is -0.172. The summed E-state index contributed by atoms with van der Waals surface area (Å²) in [5, 5.41) is 5.68. The third kappa shape index (κ3) is 3.48. The summed E-state index contributed by atoms with van der Waals surface area (Å²) in [5.41, 5.74) is 1.20. The van der Waals surface area contributed by atoms with Crippen LogP contribution in [-0.2, 0) is 0 Å². The molecule has 0 radical (unpaired) electrons. The predicted molar refractivity (Wildman–Crippen MR) is 67.5 cm³/mol. The van der Waals surface area contributed by atoms with E-state index in [9.17, 15) is 4.79 Å². The summed E-state index contributed by atoms with van der Waals surface area (Å²) < 4.78 is 5.11. The second kappa shape index (κ2) is 6.52. The Bertz CT molecular complexity index is 416. The maximum atomic E-state index is 11.5. The first-order valence-electron chi connectivity index (χ1n) is 5.34. The molecule has 0 aromatic carbocycles. The molecule has 0 bridgehead atoms. The molecule has 0 aliphatic rings. The van der Waals surface area contributed by atoms with Crippen LogP contribution in [0.3, 0.4) is 0 Å². The number of amides is 1. The van der Waals surface area contributed by atoms with E-state index in [-0.39, 0.29) is 5.91 Å². The number of nitrogens with zero attached hydrogens (tertiary/aromatic N) is 1. The monoisotopic (exact) mass is 235 g/mol. The van der Waals surface area contributed by atoms with Gasteiger partial charge >= 0.3 is 0 Å². The van der Waals surface area contributed by atoms with Gasteiger partial charge in [0, 0.05) is 19.8 Å². The lowest BCUT2D eigenvalue weighted by atomic mass is 10.2. The third-order valence-electron chi connectivity index (χ3n) is 2.18. The summed E-state index contributed by atoms with van der Waals surface area (Å²) in [6.07, 6.45) is 5.39. The molecule has 0 saturated heterocycles. The van der Waals surface area contributed by atoms with E-state index in [2.05, 4.69) is 15.6 Å². The Morgan fingerprint density at radius 3 is 2.94 bits per heavy atom. The van der Waals surface area contributed by atoms with Gasteiger partial charge < -0.3 is 15.4 Å². The number of carbonyl (C=O) groups excluding carboxylic acids is 1. The van der Waals surface area contributed by atoms with Gasteiger partial charge in [0.15, 0.2) is 0 Å². The van der Waals surface area contributed by atoms with Gasteiger partial charge in [-0.3, -0.25) is 4.79 Å². The first-order valence-corrected chi connectivity index (χ1v) is 5.34. The highest BCUT2D eigenvalue weighted by atomic mass is 16.5. The predicted octanol–water partition coefficient (Wildman–Crippen LogP) is 1.44. The highest BCUT2D eigenvalue weighted by Gasteiger charge is 2.09. The van der Waals surface area contributed by atoms with E-state index in [1.165, 1.54) is 6.20 Å². The van der Waals surface area contributed by atoms with Crippen LogP contribution >= 0.6 is 0 Å². The molecule has 0 saturated carbocycles. The molecule has 0 aliphatic carbocycles. The smallest absolute Gasteiger partial charge is 0.252 e. The highest BCUT2D eigenvalue weighted by Crippen LogP contribution is 2.21. The number of ether oxygens (including phenoxy) is 1. The van der Waals surface area contributed by atoms with Gasteiger partial charge in [-0.15, -0.1) is 0 Å².